The lowest BCUT2D eigenvalue weighted by Crippen LogP contribution is -2.47. The zero-order valence-corrected chi connectivity index (χ0v) is 12.0. The van der Waals surface area contributed by atoms with Gasteiger partial charge >= 0.3 is 11.8 Å². The van der Waals surface area contributed by atoms with Crippen LogP contribution in [-0.2, 0) is 9.59 Å². The maximum Gasteiger partial charge on any atom is 0.313 e. The first-order valence-corrected chi connectivity index (χ1v) is 6.40. The quantitative estimate of drug-likeness (QED) is 0.736. The van der Waals surface area contributed by atoms with Crippen molar-refractivity contribution in [2.24, 2.45) is 5.92 Å². The highest BCUT2D eigenvalue weighted by atomic mass is 19.2. The minimum Gasteiger partial charge on any atom is -0.388 e. The second-order valence-electron chi connectivity index (χ2n) is 5.25. The predicted molar refractivity (Wildman–Crippen MR) is 73.5 cm³/mol. The number of nitrogens with one attached hydrogen (secondary N) is 2. The SMILES string of the molecule is CC(C)C(C)(O)CNC(=O)C(=O)Nc1cccc(F)c1F. The zero-order valence-electron chi connectivity index (χ0n) is 12.0. The smallest absolute Gasteiger partial charge is 0.313 e. The summed E-state index contributed by atoms with van der Waals surface area (Å²) in [4.78, 5) is 23.1. The fraction of sp³-hybridized carbons (Fsp3) is 0.429. The minimum absolute atomic E-state index is 0.136. The normalized spacial score (nSPS) is 13.7. The molecular weight excluding hydrogens is 282 g/mol. The van der Waals surface area contributed by atoms with Crippen molar-refractivity contribution in [2.75, 3.05) is 11.9 Å². The first-order valence-electron chi connectivity index (χ1n) is 6.40. The number of anilines is 1. The summed E-state index contributed by atoms with van der Waals surface area (Å²) < 4.78 is 26.3. The van der Waals surface area contributed by atoms with E-state index in [9.17, 15) is 23.5 Å². The standard InChI is InChI=1S/C14H18F2N2O3/c1-8(2)14(3,21)7-17-12(19)13(20)18-10-6-4-5-9(15)11(10)16/h4-6,8,21H,7H2,1-3H3,(H,17,19)(H,18,20). The molecule has 7 heteroatoms. The maximum atomic E-state index is 13.3. The van der Waals surface area contributed by atoms with E-state index < -0.39 is 34.7 Å². The van der Waals surface area contributed by atoms with Crippen LogP contribution < -0.4 is 10.6 Å². The van der Waals surface area contributed by atoms with Crippen LogP contribution in [0.3, 0.4) is 0 Å². The third-order valence-electron chi connectivity index (χ3n) is 3.26. The number of hydrogen-bond acceptors (Lipinski definition) is 3. The molecule has 0 spiro atoms. The van der Waals surface area contributed by atoms with Gasteiger partial charge in [0.1, 0.15) is 0 Å². The molecule has 0 saturated heterocycles. The molecule has 0 saturated carbocycles. The second kappa shape index (κ2) is 6.62. The molecule has 1 atom stereocenters. The van der Waals surface area contributed by atoms with Crippen molar-refractivity contribution in [1.29, 1.82) is 0 Å². The molecule has 0 aromatic heterocycles. The summed E-state index contributed by atoms with van der Waals surface area (Å²) in [6.07, 6.45) is 0. The average molecular weight is 300 g/mol. The van der Waals surface area contributed by atoms with Gasteiger partial charge in [-0.05, 0) is 25.0 Å². The van der Waals surface area contributed by atoms with Crippen molar-refractivity contribution < 1.29 is 23.5 Å². The number of hydrogen-bond donors (Lipinski definition) is 3. The van der Waals surface area contributed by atoms with Gasteiger partial charge in [0.15, 0.2) is 11.6 Å². The molecule has 1 aromatic carbocycles. The first-order chi connectivity index (χ1) is 9.65. The van der Waals surface area contributed by atoms with E-state index in [-0.39, 0.29) is 12.5 Å². The van der Waals surface area contributed by atoms with Crippen LogP contribution in [0.4, 0.5) is 14.5 Å². The largest absolute Gasteiger partial charge is 0.388 e. The third kappa shape index (κ3) is 4.49. The summed E-state index contributed by atoms with van der Waals surface area (Å²) in [5, 5.41) is 14.1. The topological polar surface area (TPSA) is 78.4 Å². The molecule has 1 aromatic rings. The fourth-order valence-electron chi connectivity index (χ4n) is 1.32. The van der Waals surface area contributed by atoms with Gasteiger partial charge in [0.05, 0.1) is 11.3 Å². The molecular formula is C14H18F2N2O3. The molecule has 0 radical (unpaired) electrons. The Hall–Kier alpha value is -2.02. The molecule has 0 fully saturated rings. The van der Waals surface area contributed by atoms with Gasteiger partial charge in [-0.25, -0.2) is 8.78 Å². The van der Waals surface area contributed by atoms with E-state index in [2.05, 4.69) is 5.32 Å². The van der Waals surface area contributed by atoms with Crippen molar-refractivity contribution >= 4 is 17.5 Å². The van der Waals surface area contributed by atoms with Gasteiger partial charge in [0.2, 0.25) is 0 Å². The van der Waals surface area contributed by atoms with Gasteiger partial charge in [0.25, 0.3) is 0 Å². The van der Waals surface area contributed by atoms with Crippen molar-refractivity contribution in [1.82, 2.24) is 5.32 Å². The Labute approximate surface area is 121 Å². The fourth-order valence-corrected chi connectivity index (χ4v) is 1.32. The lowest BCUT2D eigenvalue weighted by molar-refractivity contribution is -0.137. The Bertz CT molecular complexity index is 545. The molecule has 0 heterocycles. The van der Waals surface area contributed by atoms with E-state index in [1.807, 2.05) is 5.32 Å². The van der Waals surface area contributed by atoms with Crippen LogP contribution in [0.15, 0.2) is 18.2 Å². The number of benzene rings is 1. The molecule has 1 unspecified atom stereocenters. The van der Waals surface area contributed by atoms with E-state index in [0.29, 0.717) is 0 Å². The number of carbonyl (C=O) groups is 2. The van der Waals surface area contributed by atoms with Crippen LogP contribution in [0.1, 0.15) is 20.8 Å². The Kier molecular flexibility index (Phi) is 5.37. The van der Waals surface area contributed by atoms with Crippen molar-refractivity contribution in [3.05, 3.63) is 29.8 Å². The maximum absolute atomic E-state index is 13.3. The molecule has 5 nitrogen and oxygen atoms in total. The van der Waals surface area contributed by atoms with E-state index in [0.717, 1.165) is 12.1 Å². The van der Waals surface area contributed by atoms with Gasteiger partial charge in [0, 0.05) is 6.54 Å². The van der Waals surface area contributed by atoms with Gasteiger partial charge in [-0.3, -0.25) is 9.59 Å². The summed E-state index contributed by atoms with van der Waals surface area (Å²) in [5.41, 5.74) is -1.61. The number of halogens is 2. The molecule has 0 aliphatic carbocycles. The van der Waals surface area contributed by atoms with Crippen molar-refractivity contribution in [3.63, 3.8) is 0 Å². The van der Waals surface area contributed by atoms with E-state index in [1.54, 1.807) is 13.8 Å². The van der Waals surface area contributed by atoms with Crippen molar-refractivity contribution in [3.8, 4) is 0 Å². The Balaban J connectivity index is 2.64. The Morgan fingerprint density at radius 2 is 1.90 bits per heavy atom. The summed E-state index contributed by atoms with van der Waals surface area (Å²) in [6, 6.07) is 3.23. The molecule has 0 aliphatic heterocycles. The van der Waals surface area contributed by atoms with Crippen LogP contribution in [0, 0.1) is 17.6 Å². The third-order valence-corrected chi connectivity index (χ3v) is 3.26. The number of amides is 2. The van der Waals surface area contributed by atoms with Crippen LogP contribution >= 0.6 is 0 Å². The number of aliphatic hydroxyl groups is 1. The predicted octanol–water partition coefficient (Wildman–Crippen LogP) is 1.43. The molecule has 21 heavy (non-hydrogen) atoms. The van der Waals surface area contributed by atoms with Crippen LogP contribution in [0.5, 0.6) is 0 Å². The van der Waals surface area contributed by atoms with Crippen LogP contribution in [0.25, 0.3) is 0 Å². The van der Waals surface area contributed by atoms with Gasteiger partial charge in [-0.1, -0.05) is 19.9 Å². The molecule has 0 bridgehead atoms. The first kappa shape index (κ1) is 17.0. The molecule has 2 amide bonds. The molecule has 116 valence electrons. The minimum atomic E-state index is -1.24. The second-order valence-corrected chi connectivity index (χ2v) is 5.25. The lowest BCUT2D eigenvalue weighted by Gasteiger charge is -2.27. The van der Waals surface area contributed by atoms with Crippen molar-refractivity contribution in [2.45, 2.75) is 26.4 Å². The number of rotatable bonds is 4. The average Bonchev–Trinajstić information content (AvgIpc) is 2.41. The Morgan fingerprint density at radius 1 is 1.29 bits per heavy atom. The van der Waals surface area contributed by atoms with E-state index in [1.165, 1.54) is 13.0 Å². The summed E-state index contributed by atoms with van der Waals surface area (Å²) in [6.45, 7) is 4.90. The summed E-state index contributed by atoms with van der Waals surface area (Å²) in [7, 11) is 0. The highest BCUT2D eigenvalue weighted by Gasteiger charge is 2.27. The van der Waals surface area contributed by atoms with Crippen LogP contribution in [0.2, 0.25) is 0 Å². The summed E-state index contributed by atoms with van der Waals surface area (Å²) >= 11 is 0. The summed E-state index contributed by atoms with van der Waals surface area (Å²) in [5.74, 6) is -4.69. The monoisotopic (exact) mass is 300 g/mol. The molecule has 1 rings (SSSR count). The van der Waals surface area contributed by atoms with E-state index >= 15 is 0 Å². The van der Waals surface area contributed by atoms with Gasteiger partial charge < -0.3 is 15.7 Å². The highest BCUT2D eigenvalue weighted by molar-refractivity contribution is 6.39. The lowest BCUT2D eigenvalue weighted by atomic mass is 9.92. The molecule has 0 aliphatic rings. The highest BCUT2D eigenvalue weighted by Crippen LogP contribution is 2.16. The van der Waals surface area contributed by atoms with E-state index in [4.69, 9.17) is 0 Å². The van der Waals surface area contributed by atoms with Crippen LogP contribution in [-0.4, -0.2) is 29.1 Å². The zero-order chi connectivity index (χ0) is 16.2. The Morgan fingerprint density at radius 3 is 2.48 bits per heavy atom. The van der Waals surface area contributed by atoms with Gasteiger partial charge in [-0.15, -0.1) is 0 Å². The molecule has 3 N–H and O–H groups in total. The van der Waals surface area contributed by atoms with Gasteiger partial charge in [-0.2, -0.15) is 0 Å². The number of carbonyl (C=O) groups excluding carboxylic acids is 2.